The third kappa shape index (κ3) is 2.58. The van der Waals surface area contributed by atoms with Gasteiger partial charge in [0.05, 0.1) is 5.69 Å². The van der Waals surface area contributed by atoms with E-state index in [2.05, 4.69) is 10.6 Å². The molecule has 3 rings (SSSR count). The van der Waals surface area contributed by atoms with Crippen LogP contribution in [-0.4, -0.2) is 13.0 Å². The third-order valence-electron chi connectivity index (χ3n) is 3.13. The summed E-state index contributed by atoms with van der Waals surface area (Å²) < 4.78 is 5.65. The van der Waals surface area contributed by atoms with Crippen LogP contribution >= 0.6 is 11.6 Å². The summed E-state index contributed by atoms with van der Waals surface area (Å²) in [6, 6.07) is 14.5. The predicted molar refractivity (Wildman–Crippen MR) is 85.2 cm³/mol. The molecule has 0 spiro atoms. The molecule has 0 atom stereocenters. The molecule has 3 aromatic rings. The average Bonchev–Trinajstić information content (AvgIpc) is 2.86. The van der Waals surface area contributed by atoms with Gasteiger partial charge in [-0.2, -0.15) is 0 Å². The largest absolute Gasteiger partial charge is 0.449 e. The average molecular weight is 301 g/mol. The van der Waals surface area contributed by atoms with Crippen LogP contribution in [0.25, 0.3) is 11.0 Å². The molecule has 1 heterocycles. The first kappa shape index (κ1) is 13.5. The molecular weight excluding hydrogens is 288 g/mol. The fourth-order valence-corrected chi connectivity index (χ4v) is 2.40. The van der Waals surface area contributed by atoms with Crippen LogP contribution in [0.2, 0.25) is 5.02 Å². The van der Waals surface area contributed by atoms with Crippen molar-refractivity contribution in [3.8, 4) is 0 Å². The molecule has 21 heavy (non-hydrogen) atoms. The Hall–Kier alpha value is -2.46. The lowest BCUT2D eigenvalue weighted by Crippen LogP contribution is -2.12. The molecule has 2 N–H and O–H groups in total. The van der Waals surface area contributed by atoms with Crippen LogP contribution in [-0.2, 0) is 0 Å². The molecule has 106 valence electrons. The summed E-state index contributed by atoms with van der Waals surface area (Å²) in [5.74, 6) is -0.0727. The van der Waals surface area contributed by atoms with E-state index in [0.29, 0.717) is 22.0 Å². The van der Waals surface area contributed by atoms with E-state index in [1.54, 1.807) is 31.3 Å². The first-order valence-electron chi connectivity index (χ1n) is 6.45. The van der Waals surface area contributed by atoms with Crippen molar-refractivity contribution in [2.24, 2.45) is 0 Å². The summed E-state index contributed by atoms with van der Waals surface area (Å²) in [6.07, 6.45) is 0. The lowest BCUT2D eigenvalue weighted by molar-refractivity contribution is 0.0999. The molecule has 0 saturated carbocycles. The highest BCUT2D eigenvalue weighted by atomic mass is 35.5. The maximum atomic E-state index is 12.4. The van der Waals surface area contributed by atoms with Gasteiger partial charge >= 0.3 is 0 Å². The van der Waals surface area contributed by atoms with Crippen LogP contribution in [0.4, 0.5) is 11.4 Å². The van der Waals surface area contributed by atoms with Gasteiger partial charge in [-0.3, -0.25) is 4.79 Å². The topological polar surface area (TPSA) is 54.3 Å². The molecule has 0 aliphatic rings. The molecule has 2 aromatic carbocycles. The number of fused-ring (bicyclic) bond motifs is 1. The summed E-state index contributed by atoms with van der Waals surface area (Å²) in [5, 5.41) is 7.23. The summed E-state index contributed by atoms with van der Waals surface area (Å²) in [6.45, 7) is 0. The highest BCUT2D eigenvalue weighted by Crippen LogP contribution is 2.31. The number of halogens is 1. The number of furan rings is 1. The number of para-hydroxylation sites is 1. The Morgan fingerprint density at radius 3 is 2.71 bits per heavy atom. The lowest BCUT2D eigenvalue weighted by Gasteiger charge is -2.05. The molecule has 0 saturated heterocycles. The zero-order chi connectivity index (χ0) is 14.8. The van der Waals surface area contributed by atoms with Crippen LogP contribution in [0.5, 0.6) is 0 Å². The van der Waals surface area contributed by atoms with Crippen molar-refractivity contribution in [3.63, 3.8) is 0 Å². The summed E-state index contributed by atoms with van der Waals surface area (Å²) >= 11 is 5.91. The van der Waals surface area contributed by atoms with Gasteiger partial charge in [0.25, 0.3) is 5.91 Å². The number of carbonyl (C=O) groups is 1. The number of hydrogen-bond acceptors (Lipinski definition) is 3. The summed E-state index contributed by atoms with van der Waals surface area (Å²) in [4.78, 5) is 12.4. The fourth-order valence-electron chi connectivity index (χ4n) is 2.21. The molecule has 0 aliphatic heterocycles. The minimum absolute atomic E-state index is 0.249. The molecule has 1 aromatic heterocycles. The molecule has 0 radical (unpaired) electrons. The molecule has 0 fully saturated rings. The van der Waals surface area contributed by atoms with Crippen molar-refractivity contribution in [3.05, 3.63) is 59.3 Å². The SMILES string of the molecule is CNc1c(C(=O)Nc2cccc(Cl)c2)oc2ccccc12. The zero-order valence-corrected chi connectivity index (χ0v) is 12.1. The predicted octanol–water partition coefficient (Wildman–Crippen LogP) is 4.38. The molecular formula is C16H13ClN2O2. The monoisotopic (exact) mass is 300 g/mol. The number of carbonyl (C=O) groups excluding carboxylic acids is 1. The maximum Gasteiger partial charge on any atom is 0.293 e. The van der Waals surface area contributed by atoms with Crippen molar-refractivity contribution >= 4 is 39.9 Å². The minimum Gasteiger partial charge on any atom is -0.449 e. The first-order valence-corrected chi connectivity index (χ1v) is 6.83. The Labute approximate surface area is 126 Å². The van der Waals surface area contributed by atoms with Gasteiger partial charge < -0.3 is 15.1 Å². The van der Waals surface area contributed by atoms with Crippen molar-refractivity contribution in [1.29, 1.82) is 0 Å². The van der Waals surface area contributed by atoms with Crippen molar-refractivity contribution < 1.29 is 9.21 Å². The number of nitrogens with one attached hydrogen (secondary N) is 2. The number of amides is 1. The van der Waals surface area contributed by atoms with Gasteiger partial charge in [-0.1, -0.05) is 29.8 Å². The first-order chi connectivity index (χ1) is 10.2. The van der Waals surface area contributed by atoms with E-state index in [0.717, 1.165) is 5.39 Å². The van der Waals surface area contributed by atoms with Crippen molar-refractivity contribution in [2.75, 3.05) is 17.7 Å². The molecule has 0 bridgehead atoms. The Bertz CT molecular complexity index is 811. The molecule has 0 unspecified atom stereocenters. The van der Waals surface area contributed by atoms with E-state index in [-0.39, 0.29) is 11.7 Å². The highest BCUT2D eigenvalue weighted by molar-refractivity contribution is 6.31. The number of anilines is 2. The minimum atomic E-state index is -0.321. The quantitative estimate of drug-likeness (QED) is 0.754. The smallest absolute Gasteiger partial charge is 0.293 e. The van der Waals surface area contributed by atoms with Crippen LogP contribution in [0.15, 0.2) is 52.9 Å². The Morgan fingerprint density at radius 2 is 1.95 bits per heavy atom. The second-order valence-corrected chi connectivity index (χ2v) is 4.95. The number of benzene rings is 2. The second kappa shape index (κ2) is 5.50. The Balaban J connectivity index is 1.98. The van der Waals surface area contributed by atoms with E-state index in [4.69, 9.17) is 16.0 Å². The lowest BCUT2D eigenvalue weighted by atomic mass is 10.2. The second-order valence-electron chi connectivity index (χ2n) is 4.52. The number of rotatable bonds is 3. The van der Waals surface area contributed by atoms with Crippen LogP contribution in [0.1, 0.15) is 10.6 Å². The van der Waals surface area contributed by atoms with Gasteiger partial charge in [-0.25, -0.2) is 0 Å². The fraction of sp³-hybridized carbons (Fsp3) is 0.0625. The van der Waals surface area contributed by atoms with Crippen LogP contribution in [0.3, 0.4) is 0 Å². The van der Waals surface area contributed by atoms with Crippen LogP contribution < -0.4 is 10.6 Å². The van der Waals surface area contributed by atoms with Crippen molar-refractivity contribution in [1.82, 2.24) is 0 Å². The standard InChI is InChI=1S/C16H13ClN2O2/c1-18-14-12-7-2-3-8-13(12)21-15(14)16(20)19-11-6-4-5-10(17)9-11/h2-9,18H,1H3,(H,19,20). The molecule has 1 amide bonds. The Kier molecular flexibility index (Phi) is 3.54. The normalized spacial score (nSPS) is 10.6. The van der Waals surface area contributed by atoms with E-state index in [1.165, 1.54) is 0 Å². The summed E-state index contributed by atoms with van der Waals surface area (Å²) in [7, 11) is 1.76. The van der Waals surface area contributed by atoms with E-state index in [1.807, 2.05) is 24.3 Å². The van der Waals surface area contributed by atoms with Gasteiger partial charge in [-0.15, -0.1) is 0 Å². The van der Waals surface area contributed by atoms with Gasteiger partial charge in [0.1, 0.15) is 5.58 Å². The number of hydrogen-bond donors (Lipinski definition) is 2. The highest BCUT2D eigenvalue weighted by Gasteiger charge is 2.19. The summed E-state index contributed by atoms with van der Waals surface area (Å²) in [5.41, 5.74) is 1.96. The molecule has 5 heteroatoms. The van der Waals surface area contributed by atoms with Gasteiger partial charge in [0, 0.05) is 23.1 Å². The third-order valence-corrected chi connectivity index (χ3v) is 3.37. The van der Waals surface area contributed by atoms with Gasteiger partial charge in [0.15, 0.2) is 0 Å². The zero-order valence-electron chi connectivity index (χ0n) is 11.3. The van der Waals surface area contributed by atoms with Crippen molar-refractivity contribution in [2.45, 2.75) is 0 Å². The molecule has 4 nitrogen and oxygen atoms in total. The molecule has 0 aliphatic carbocycles. The van der Waals surface area contributed by atoms with E-state index >= 15 is 0 Å². The van der Waals surface area contributed by atoms with Crippen LogP contribution in [0, 0.1) is 0 Å². The van der Waals surface area contributed by atoms with Gasteiger partial charge in [-0.05, 0) is 30.3 Å². The van der Waals surface area contributed by atoms with E-state index < -0.39 is 0 Å². The Morgan fingerprint density at radius 1 is 1.14 bits per heavy atom. The van der Waals surface area contributed by atoms with E-state index in [9.17, 15) is 4.79 Å². The maximum absolute atomic E-state index is 12.4. The van der Waals surface area contributed by atoms with Gasteiger partial charge in [0.2, 0.25) is 5.76 Å².